The van der Waals surface area contributed by atoms with Gasteiger partial charge in [0.25, 0.3) is 0 Å². The molecular weight excluding hydrogens is 374 g/mol. The van der Waals surface area contributed by atoms with Gasteiger partial charge < -0.3 is 9.66 Å². The minimum atomic E-state index is -1.18. The van der Waals surface area contributed by atoms with Crippen molar-refractivity contribution in [3.63, 3.8) is 0 Å². The molecule has 0 heterocycles. The fourth-order valence-corrected chi connectivity index (χ4v) is 4.32. The number of hydrogen-bond donors (Lipinski definition) is 2. The predicted octanol–water partition coefficient (Wildman–Crippen LogP) is 5.10. The van der Waals surface area contributed by atoms with E-state index in [0.29, 0.717) is 5.02 Å². The molecule has 0 saturated carbocycles. The van der Waals surface area contributed by atoms with Crippen molar-refractivity contribution in [2.24, 2.45) is 0 Å². The summed E-state index contributed by atoms with van der Waals surface area (Å²) in [4.78, 5) is 2.02. The lowest BCUT2D eigenvalue weighted by atomic mass is 10.1. The molecule has 6 heteroatoms. The van der Waals surface area contributed by atoms with Crippen LogP contribution < -0.4 is 4.72 Å². The number of benzene rings is 2. The molecule has 0 spiro atoms. The molecule has 2 rings (SSSR count). The van der Waals surface area contributed by atoms with Crippen molar-refractivity contribution in [3.8, 4) is 0 Å². The van der Waals surface area contributed by atoms with Crippen LogP contribution in [0.15, 0.2) is 52.3 Å². The van der Waals surface area contributed by atoms with E-state index in [9.17, 15) is 9.66 Å². The molecule has 0 aliphatic heterocycles. The molecule has 2 N–H and O–H groups in total. The molecule has 0 aliphatic carbocycles. The molecule has 2 aromatic rings. The Bertz CT molecular complexity index is 719. The molecule has 0 amide bonds. The first-order valence-electron chi connectivity index (χ1n) is 8.06. The van der Waals surface area contributed by atoms with E-state index in [2.05, 4.69) is 4.72 Å². The number of aliphatic hydroxyl groups excluding tert-OH is 1. The Morgan fingerprint density at radius 2 is 1.88 bits per heavy atom. The smallest absolute Gasteiger partial charge is 0.136 e. The largest absolute Gasteiger partial charge is 0.598 e. The summed E-state index contributed by atoms with van der Waals surface area (Å²) in [6.45, 7) is 7.79. The predicted molar refractivity (Wildman–Crippen MR) is 107 cm³/mol. The molecule has 1 unspecified atom stereocenters. The normalized spacial score (nSPS) is 14.4. The van der Waals surface area contributed by atoms with Gasteiger partial charge in [-0.15, -0.1) is 4.72 Å². The van der Waals surface area contributed by atoms with E-state index in [1.165, 1.54) is 0 Å². The molecule has 0 fully saturated rings. The summed E-state index contributed by atoms with van der Waals surface area (Å²) >= 11 is 6.60. The summed E-state index contributed by atoms with van der Waals surface area (Å²) < 4.78 is 15.3. The fraction of sp³-hybridized carbons (Fsp3) is 0.368. The molecule has 2 aromatic carbocycles. The van der Waals surface area contributed by atoms with Crippen LogP contribution in [0.3, 0.4) is 0 Å². The van der Waals surface area contributed by atoms with Gasteiger partial charge in [0.05, 0.1) is 12.6 Å². The maximum Gasteiger partial charge on any atom is 0.136 e. The quantitative estimate of drug-likeness (QED) is 0.666. The Kier molecular flexibility index (Phi) is 7.26. The number of hydrogen-bond acceptors (Lipinski definition) is 4. The van der Waals surface area contributed by atoms with Crippen molar-refractivity contribution in [2.45, 2.75) is 54.9 Å². The summed E-state index contributed by atoms with van der Waals surface area (Å²) in [5.74, 6) is 0. The summed E-state index contributed by atoms with van der Waals surface area (Å²) in [5, 5.41) is 10.2. The third kappa shape index (κ3) is 5.64. The van der Waals surface area contributed by atoms with Crippen LogP contribution in [-0.2, 0) is 18.0 Å². The maximum atomic E-state index is 12.4. The van der Waals surface area contributed by atoms with E-state index in [-0.39, 0.29) is 17.4 Å². The topological polar surface area (TPSA) is 55.3 Å². The van der Waals surface area contributed by atoms with Crippen LogP contribution in [0.5, 0.6) is 0 Å². The van der Waals surface area contributed by atoms with Crippen molar-refractivity contribution in [1.29, 1.82) is 0 Å². The zero-order chi connectivity index (χ0) is 18.6. The van der Waals surface area contributed by atoms with Gasteiger partial charge in [0.2, 0.25) is 0 Å². The average Bonchev–Trinajstić information content (AvgIpc) is 2.56. The standard InChI is InChI=1S/C19H24ClNO2S2/c1-13(21-25(23)19(2,3)4)16-11-15(20)9-10-18(16)24-17-8-6-5-7-14(17)12-22/h5-11,13,21-22H,12H2,1-4H3/t13-,25?/m0/s1. The molecule has 136 valence electrons. The number of rotatable bonds is 6. The van der Waals surface area contributed by atoms with Gasteiger partial charge in [-0.05, 0) is 63.1 Å². The molecule has 25 heavy (non-hydrogen) atoms. The zero-order valence-electron chi connectivity index (χ0n) is 14.9. The molecule has 0 aromatic heterocycles. The average molecular weight is 398 g/mol. The van der Waals surface area contributed by atoms with Crippen molar-refractivity contribution in [1.82, 2.24) is 4.72 Å². The Labute approximate surface area is 162 Å². The highest BCUT2D eigenvalue weighted by molar-refractivity contribution is 7.99. The van der Waals surface area contributed by atoms with Gasteiger partial charge in [-0.1, -0.05) is 41.6 Å². The summed E-state index contributed by atoms with van der Waals surface area (Å²) in [6.07, 6.45) is 0. The molecule has 0 radical (unpaired) electrons. The van der Waals surface area contributed by atoms with E-state index in [1.807, 2.05) is 70.2 Å². The number of halogens is 1. The molecule has 2 atom stereocenters. The molecule has 0 aliphatic rings. The van der Waals surface area contributed by atoms with Crippen LogP contribution in [0.4, 0.5) is 0 Å². The van der Waals surface area contributed by atoms with Crippen molar-refractivity contribution < 1.29 is 9.66 Å². The highest BCUT2D eigenvalue weighted by atomic mass is 35.5. The van der Waals surface area contributed by atoms with Gasteiger partial charge in [-0.3, -0.25) is 0 Å². The van der Waals surface area contributed by atoms with Crippen LogP contribution in [0.25, 0.3) is 0 Å². The molecule has 0 bridgehead atoms. The van der Waals surface area contributed by atoms with E-state index < -0.39 is 11.4 Å². The lowest BCUT2D eigenvalue weighted by Crippen LogP contribution is -2.40. The third-order valence-corrected chi connectivity index (χ3v) is 6.77. The van der Waals surface area contributed by atoms with Gasteiger partial charge in [0, 0.05) is 26.2 Å². The van der Waals surface area contributed by atoms with Crippen LogP contribution >= 0.6 is 23.4 Å². The molecule has 0 saturated heterocycles. The van der Waals surface area contributed by atoms with Crippen molar-refractivity contribution in [3.05, 3.63) is 58.6 Å². The highest BCUT2D eigenvalue weighted by Crippen LogP contribution is 2.37. The summed E-state index contributed by atoms with van der Waals surface area (Å²) in [5.41, 5.74) is 1.87. The minimum Gasteiger partial charge on any atom is -0.598 e. The van der Waals surface area contributed by atoms with Crippen molar-refractivity contribution >= 4 is 34.7 Å². The van der Waals surface area contributed by atoms with Crippen LogP contribution in [0.2, 0.25) is 5.02 Å². The number of aliphatic hydroxyl groups is 1. The van der Waals surface area contributed by atoms with E-state index in [1.54, 1.807) is 11.8 Å². The SMILES string of the molecule is C[C@H](N[S+]([O-])C(C)(C)C)c1cc(Cl)ccc1Sc1ccccc1CO. The van der Waals surface area contributed by atoms with Crippen LogP contribution in [0.1, 0.15) is 44.9 Å². The first-order valence-corrected chi connectivity index (χ1v) is 10.4. The lowest BCUT2D eigenvalue weighted by molar-refractivity contribution is 0.279. The van der Waals surface area contributed by atoms with Gasteiger partial charge in [-0.2, -0.15) is 0 Å². The maximum absolute atomic E-state index is 12.4. The highest BCUT2D eigenvalue weighted by Gasteiger charge is 2.29. The van der Waals surface area contributed by atoms with Crippen LogP contribution in [0, 0.1) is 0 Å². The van der Waals surface area contributed by atoms with E-state index in [4.69, 9.17) is 11.6 Å². The summed E-state index contributed by atoms with van der Waals surface area (Å²) in [6, 6.07) is 13.4. The Balaban J connectivity index is 2.31. The Hall–Kier alpha value is -0.690. The second kappa shape index (κ2) is 8.80. The lowest BCUT2D eigenvalue weighted by Gasteiger charge is -2.27. The first-order chi connectivity index (χ1) is 11.7. The van der Waals surface area contributed by atoms with Gasteiger partial charge in [0.1, 0.15) is 4.75 Å². The van der Waals surface area contributed by atoms with Crippen LogP contribution in [-0.4, -0.2) is 14.4 Å². The second-order valence-electron chi connectivity index (χ2n) is 6.77. The monoisotopic (exact) mass is 397 g/mol. The number of nitrogens with one attached hydrogen (secondary N) is 1. The second-order valence-corrected chi connectivity index (χ2v) is 10.3. The molecular formula is C19H24ClNO2S2. The van der Waals surface area contributed by atoms with E-state index in [0.717, 1.165) is 20.9 Å². The van der Waals surface area contributed by atoms with Gasteiger partial charge >= 0.3 is 0 Å². The van der Waals surface area contributed by atoms with Gasteiger partial charge in [0.15, 0.2) is 0 Å². The molecule has 3 nitrogen and oxygen atoms in total. The zero-order valence-corrected chi connectivity index (χ0v) is 17.3. The van der Waals surface area contributed by atoms with Crippen molar-refractivity contribution in [2.75, 3.05) is 0 Å². The Morgan fingerprint density at radius 1 is 1.20 bits per heavy atom. The van der Waals surface area contributed by atoms with E-state index >= 15 is 0 Å². The third-order valence-electron chi connectivity index (χ3n) is 3.64. The fourth-order valence-electron chi connectivity index (χ4n) is 2.20. The Morgan fingerprint density at radius 3 is 2.52 bits per heavy atom. The van der Waals surface area contributed by atoms with Gasteiger partial charge in [-0.25, -0.2) is 0 Å². The summed E-state index contributed by atoms with van der Waals surface area (Å²) in [7, 11) is 0. The first kappa shape index (κ1) is 20.6. The minimum absolute atomic E-state index is 0.00601.